The van der Waals surface area contributed by atoms with Crippen LogP contribution < -0.4 is 5.43 Å². The Labute approximate surface area is 271 Å². The van der Waals surface area contributed by atoms with Gasteiger partial charge in [-0.15, -0.1) is 11.8 Å². The summed E-state index contributed by atoms with van der Waals surface area (Å²) >= 11 is 1.41. The topological polar surface area (TPSA) is 135 Å². The molecule has 1 aromatic heterocycles. The number of benzene rings is 1. The highest BCUT2D eigenvalue weighted by Crippen LogP contribution is 2.67. The number of hydrogen-bond donors (Lipinski definition) is 0. The maximum absolute atomic E-state index is 14.4. The lowest BCUT2D eigenvalue weighted by Gasteiger charge is -2.41. The van der Waals surface area contributed by atoms with Gasteiger partial charge in [-0.25, -0.2) is 9.59 Å². The molecule has 7 atom stereocenters. The number of aryl methyl sites for hydroxylation is 1. The Bertz CT molecular complexity index is 1810. The van der Waals surface area contributed by atoms with Crippen LogP contribution in [0.2, 0.25) is 0 Å². The lowest BCUT2D eigenvalue weighted by molar-refractivity contribution is -0.202. The molecule has 3 aliphatic heterocycles. The van der Waals surface area contributed by atoms with Gasteiger partial charge in [-0.3, -0.25) is 14.4 Å². The van der Waals surface area contributed by atoms with Gasteiger partial charge in [0.2, 0.25) is 11.2 Å². The van der Waals surface area contributed by atoms with Crippen LogP contribution in [0.15, 0.2) is 32.3 Å². The molecule has 1 aromatic carbocycles. The van der Waals surface area contributed by atoms with Gasteiger partial charge < -0.3 is 23.4 Å². The molecule has 4 fully saturated rings. The first-order chi connectivity index (χ1) is 21.4. The summed E-state index contributed by atoms with van der Waals surface area (Å²) in [7, 11) is 0. The van der Waals surface area contributed by atoms with Crippen molar-refractivity contribution in [2.75, 3.05) is 0 Å². The van der Waals surface area contributed by atoms with Gasteiger partial charge in [-0.05, 0) is 58.6 Å². The summed E-state index contributed by atoms with van der Waals surface area (Å²) < 4.78 is 30.7. The number of carbonyl (C=O) groups excluding carboxylic acids is 4. The van der Waals surface area contributed by atoms with Crippen LogP contribution in [0.3, 0.4) is 0 Å². The fourth-order valence-electron chi connectivity index (χ4n) is 8.61. The second-order valence-electron chi connectivity index (χ2n) is 15.2. The Morgan fingerprint density at radius 2 is 1.39 bits per heavy atom. The van der Waals surface area contributed by atoms with Gasteiger partial charge in [0.05, 0.1) is 21.8 Å². The van der Waals surface area contributed by atoms with E-state index in [0.29, 0.717) is 47.3 Å². The number of fused-ring (bicyclic) bond motifs is 7. The van der Waals surface area contributed by atoms with E-state index in [9.17, 15) is 24.0 Å². The molecule has 5 aliphatic rings. The molecule has 0 amide bonds. The molecule has 246 valence electrons. The number of esters is 4. The summed E-state index contributed by atoms with van der Waals surface area (Å²) in [6.07, 6.45) is -0.306. The van der Waals surface area contributed by atoms with Gasteiger partial charge in [0.1, 0.15) is 11.3 Å². The van der Waals surface area contributed by atoms with E-state index in [4.69, 9.17) is 23.4 Å². The third-order valence-corrected chi connectivity index (χ3v) is 14.2. The highest BCUT2D eigenvalue weighted by atomic mass is 32.2. The summed E-state index contributed by atoms with van der Waals surface area (Å²) in [5.41, 5.74) is -6.09. The van der Waals surface area contributed by atoms with Crippen LogP contribution in [0.25, 0.3) is 11.0 Å². The molecule has 2 saturated heterocycles. The largest absolute Gasteiger partial charge is 0.460 e. The first-order valence-corrected chi connectivity index (χ1v) is 16.9. The van der Waals surface area contributed by atoms with E-state index in [1.165, 1.54) is 17.8 Å². The van der Waals surface area contributed by atoms with E-state index in [2.05, 4.69) is 0 Å². The minimum atomic E-state index is -1.55. The summed E-state index contributed by atoms with van der Waals surface area (Å²) in [5.74, 6) is -1.88. The van der Waals surface area contributed by atoms with Gasteiger partial charge in [-0.2, -0.15) is 0 Å². The van der Waals surface area contributed by atoms with Gasteiger partial charge in [-0.1, -0.05) is 34.6 Å². The van der Waals surface area contributed by atoms with Crippen molar-refractivity contribution in [1.82, 2.24) is 0 Å². The average molecular weight is 653 g/mol. The minimum absolute atomic E-state index is 0.246. The molecule has 0 spiro atoms. The summed E-state index contributed by atoms with van der Waals surface area (Å²) in [6, 6.07) is 4.91. The number of thioether (sulfide) groups is 1. The standard InChI is InChI=1S/C35H40O10S/c1-9-18-16-20(36)19-10-11-21-22(24(19)41-18)25(43-29(40)35-15-13-33(8,27(38)45-35)31(35,5)6)23(17(2)46-21)42-28(39)34-14-12-32(7,26(37)44-34)30(34,3)4/h10-11,16-17,23,25H,9,12-15H2,1-8H3/t17-,23-,25+,32-,33-,34+,35+/m0/s1. The van der Waals surface area contributed by atoms with Crippen molar-refractivity contribution in [1.29, 1.82) is 0 Å². The van der Waals surface area contributed by atoms with Crippen molar-refractivity contribution in [3.05, 3.63) is 39.7 Å². The Morgan fingerprint density at radius 1 is 0.848 bits per heavy atom. The Kier molecular flexibility index (Phi) is 6.38. The van der Waals surface area contributed by atoms with Gasteiger partial charge >= 0.3 is 23.9 Å². The smallest absolute Gasteiger partial charge is 0.351 e. The van der Waals surface area contributed by atoms with Crippen molar-refractivity contribution in [2.24, 2.45) is 21.7 Å². The van der Waals surface area contributed by atoms with Crippen LogP contribution in [0.4, 0.5) is 0 Å². The molecule has 4 heterocycles. The zero-order chi connectivity index (χ0) is 33.4. The second-order valence-corrected chi connectivity index (χ2v) is 16.6. The molecule has 2 aromatic rings. The summed E-state index contributed by atoms with van der Waals surface area (Å²) in [4.78, 5) is 68.7. The predicted molar refractivity (Wildman–Crippen MR) is 166 cm³/mol. The molecule has 10 nitrogen and oxygen atoms in total. The molecule has 4 bridgehead atoms. The summed E-state index contributed by atoms with van der Waals surface area (Å²) in [6.45, 7) is 14.7. The Hall–Kier alpha value is -3.34. The third kappa shape index (κ3) is 3.48. The van der Waals surface area contributed by atoms with Crippen LogP contribution in [-0.2, 0) is 44.5 Å². The monoisotopic (exact) mass is 652 g/mol. The molecule has 0 unspecified atom stereocenters. The van der Waals surface area contributed by atoms with Crippen molar-refractivity contribution in [3.8, 4) is 0 Å². The number of ether oxygens (including phenoxy) is 4. The number of hydrogen-bond acceptors (Lipinski definition) is 11. The van der Waals surface area contributed by atoms with E-state index in [1.54, 1.807) is 12.1 Å². The molecular formula is C35H40O10S. The molecular weight excluding hydrogens is 612 g/mol. The molecule has 0 radical (unpaired) electrons. The van der Waals surface area contributed by atoms with Crippen LogP contribution >= 0.6 is 11.8 Å². The van der Waals surface area contributed by atoms with E-state index in [0.717, 1.165) is 0 Å². The number of rotatable bonds is 5. The Balaban J connectivity index is 1.35. The van der Waals surface area contributed by atoms with Crippen molar-refractivity contribution in [2.45, 2.75) is 121 Å². The first-order valence-electron chi connectivity index (χ1n) is 16.1. The molecule has 11 heteroatoms. The summed E-state index contributed by atoms with van der Waals surface area (Å²) in [5, 5.41) is -0.130. The van der Waals surface area contributed by atoms with E-state index >= 15 is 0 Å². The second kappa shape index (κ2) is 9.39. The minimum Gasteiger partial charge on any atom is -0.460 e. The highest BCUT2D eigenvalue weighted by molar-refractivity contribution is 8.00. The fourth-order valence-corrected chi connectivity index (χ4v) is 9.83. The predicted octanol–water partition coefficient (Wildman–Crippen LogP) is 5.59. The fraction of sp³-hybridized carbons (Fsp3) is 0.629. The maximum Gasteiger partial charge on any atom is 0.351 e. The lowest BCUT2D eigenvalue weighted by Crippen LogP contribution is -2.53. The van der Waals surface area contributed by atoms with Crippen LogP contribution in [0.5, 0.6) is 0 Å². The molecule has 2 aliphatic carbocycles. The molecule has 2 saturated carbocycles. The normalized spacial score (nSPS) is 38.0. The van der Waals surface area contributed by atoms with Crippen LogP contribution in [-0.4, -0.2) is 46.4 Å². The van der Waals surface area contributed by atoms with Gasteiger partial charge in [0.15, 0.2) is 17.6 Å². The van der Waals surface area contributed by atoms with Crippen molar-refractivity contribution < 1.29 is 42.5 Å². The van der Waals surface area contributed by atoms with Crippen molar-refractivity contribution in [3.63, 3.8) is 0 Å². The molecule has 7 rings (SSSR count). The molecule has 0 N–H and O–H groups in total. The van der Waals surface area contributed by atoms with Crippen molar-refractivity contribution >= 4 is 46.6 Å². The lowest BCUT2D eigenvalue weighted by atomic mass is 9.66. The SMILES string of the molecule is CCc1cc(=O)c2ccc3c(c2o1)[C@@H](OC(=O)[C@@]12CC[C@@](C)(C(=O)O1)C2(C)C)[C@@H](OC(=O)[C@@]12CC[C@@](C)(C(=O)O1)C2(C)C)[C@H](C)S3. The van der Waals surface area contributed by atoms with Crippen LogP contribution in [0.1, 0.15) is 98.5 Å². The zero-order valence-corrected chi connectivity index (χ0v) is 28.3. The maximum atomic E-state index is 14.4. The Morgan fingerprint density at radius 3 is 1.87 bits per heavy atom. The number of carbonyl (C=O) groups is 4. The van der Waals surface area contributed by atoms with E-state index < -0.39 is 74.2 Å². The van der Waals surface area contributed by atoms with Gasteiger partial charge in [0.25, 0.3) is 0 Å². The quantitative estimate of drug-likeness (QED) is 0.295. The van der Waals surface area contributed by atoms with E-state index in [-0.39, 0.29) is 17.4 Å². The average Bonchev–Trinajstić information content (AvgIpc) is 3.46. The van der Waals surface area contributed by atoms with Gasteiger partial charge in [0, 0.05) is 33.5 Å². The zero-order valence-electron chi connectivity index (χ0n) is 27.5. The molecule has 46 heavy (non-hydrogen) atoms. The highest BCUT2D eigenvalue weighted by Gasteiger charge is 2.78. The first kappa shape index (κ1) is 31.3. The third-order valence-electron chi connectivity index (χ3n) is 13.0. The van der Waals surface area contributed by atoms with Crippen LogP contribution in [0, 0.1) is 21.7 Å². The van der Waals surface area contributed by atoms with E-state index in [1.807, 2.05) is 55.4 Å².